The number of nitrogens with zero attached hydrogens (tertiary/aromatic N) is 1. The van der Waals surface area contributed by atoms with Crippen LogP contribution in [0.5, 0.6) is 0 Å². The smallest absolute Gasteiger partial charge is 0.147 e. The Morgan fingerprint density at radius 3 is 2.73 bits per heavy atom. The molecule has 4 rings (SSSR count). The standard InChI is InChI=1S/C17H29BrClN3/c18-10-4-5-15-14(8-10)16(20)13-6-7-22(17(13)21-15)12-3-1-2-11(19)9-12/h10-17,21H,1-9,20H2/p+1. The Morgan fingerprint density at radius 2 is 1.91 bits per heavy atom. The first-order valence-corrected chi connectivity index (χ1v) is 10.6. The lowest BCUT2D eigenvalue weighted by Gasteiger charge is -2.47. The van der Waals surface area contributed by atoms with E-state index in [1.165, 1.54) is 57.9 Å². The fraction of sp³-hybridized carbons (Fsp3) is 1.00. The van der Waals surface area contributed by atoms with Gasteiger partial charge in [0.05, 0.1) is 6.04 Å². The van der Waals surface area contributed by atoms with E-state index < -0.39 is 0 Å². The minimum absolute atomic E-state index is 0.395. The number of fused-ring (bicyclic) bond motifs is 2. The second-order valence-corrected chi connectivity index (χ2v) is 10.0. The average Bonchev–Trinajstić information content (AvgIpc) is 2.92. The van der Waals surface area contributed by atoms with Gasteiger partial charge in [0.25, 0.3) is 0 Å². The van der Waals surface area contributed by atoms with Crippen molar-refractivity contribution in [2.75, 3.05) is 6.54 Å². The molecule has 2 saturated carbocycles. The number of alkyl halides is 2. The Hall–Kier alpha value is 0.650. The highest BCUT2D eigenvalue weighted by Crippen LogP contribution is 2.40. The molecule has 126 valence electrons. The van der Waals surface area contributed by atoms with Gasteiger partial charge in [-0.3, -0.25) is 4.90 Å². The van der Waals surface area contributed by atoms with Crippen LogP contribution in [-0.2, 0) is 0 Å². The van der Waals surface area contributed by atoms with E-state index in [1.54, 1.807) is 0 Å². The molecule has 8 atom stereocenters. The zero-order valence-corrected chi connectivity index (χ0v) is 15.7. The molecular formula is C17H30BrClN3+. The van der Waals surface area contributed by atoms with Gasteiger partial charge in [0.1, 0.15) is 6.17 Å². The van der Waals surface area contributed by atoms with Crippen molar-refractivity contribution >= 4 is 27.5 Å². The van der Waals surface area contributed by atoms with E-state index in [9.17, 15) is 0 Å². The third-order valence-corrected chi connectivity index (χ3v) is 8.15. The Labute approximate surface area is 147 Å². The molecule has 0 aromatic carbocycles. The lowest BCUT2D eigenvalue weighted by molar-refractivity contribution is -0.760. The minimum atomic E-state index is 0.395. The van der Waals surface area contributed by atoms with Crippen molar-refractivity contribution in [1.82, 2.24) is 4.90 Å². The molecule has 0 bridgehead atoms. The highest BCUT2D eigenvalue weighted by atomic mass is 79.9. The maximum atomic E-state index is 6.76. The lowest BCUT2D eigenvalue weighted by Crippen LogP contribution is -3.03. The fourth-order valence-electron chi connectivity index (χ4n) is 5.80. The van der Waals surface area contributed by atoms with E-state index in [1.807, 2.05) is 0 Å². The minimum Gasteiger partial charge on any atom is -0.328 e. The normalized spacial score (nSPS) is 53.0. The van der Waals surface area contributed by atoms with Gasteiger partial charge in [0.15, 0.2) is 0 Å². The molecule has 0 aromatic heterocycles. The number of rotatable bonds is 1. The first-order chi connectivity index (χ1) is 10.6. The van der Waals surface area contributed by atoms with Gasteiger partial charge in [-0.15, -0.1) is 11.6 Å². The summed E-state index contributed by atoms with van der Waals surface area (Å²) in [6.45, 7) is 1.24. The van der Waals surface area contributed by atoms with Gasteiger partial charge >= 0.3 is 0 Å². The summed E-state index contributed by atoms with van der Waals surface area (Å²) in [5, 5.41) is 3.11. The van der Waals surface area contributed by atoms with Gasteiger partial charge in [-0.05, 0) is 38.5 Å². The van der Waals surface area contributed by atoms with Crippen molar-refractivity contribution < 1.29 is 5.32 Å². The summed E-state index contributed by atoms with van der Waals surface area (Å²) in [6, 6.07) is 1.86. The number of hydrogen-bond acceptors (Lipinski definition) is 2. The van der Waals surface area contributed by atoms with Crippen LogP contribution < -0.4 is 11.1 Å². The zero-order valence-electron chi connectivity index (χ0n) is 13.3. The molecule has 8 unspecified atom stereocenters. The molecule has 0 amide bonds. The number of nitrogens with two attached hydrogens (primary N) is 2. The van der Waals surface area contributed by atoms with Crippen LogP contribution in [-0.4, -0.2) is 45.9 Å². The van der Waals surface area contributed by atoms with Crippen molar-refractivity contribution in [3.05, 3.63) is 0 Å². The molecule has 0 radical (unpaired) electrons. The maximum Gasteiger partial charge on any atom is 0.147 e. The first-order valence-electron chi connectivity index (χ1n) is 9.28. The van der Waals surface area contributed by atoms with Crippen LogP contribution in [0.2, 0.25) is 0 Å². The summed E-state index contributed by atoms with van der Waals surface area (Å²) < 4.78 is 0. The number of hydrogen-bond donors (Lipinski definition) is 2. The van der Waals surface area contributed by atoms with E-state index >= 15 is 0 Å². The highest BCUT2D eigenvalue weighted by molar-refractivity contribution is 9.09. The molecule has 2 aliphatic heterocycles. The second kappa shape index (κ2) is 6.51. The van der Waals surface area contributed by atoms with Gasteiger partial charge in [0.2, 0.25) is 0 Å². The fourth-order valence-corrected chi connectivity index (χ4v) is 6.85. The van der Waals surface area contributed by atoms with Gasteiger partial charge in [-0.2, -0.15) is 0 Å². The third-order valence-electron chi connectivity index (χ3n) is 6.92. The van der Waals surface area contributed by atoms with Gasteiger partial charge in [-0.25, -0.2) is 0 Å². The molecule has 0 spiro atoms. The molecule has 5 heteroatoms. The monoisotopic (exact) mass is 390 g/mol. The van der Waals surface area contributed by atoms with E-state index in [0.717, 1.165) is 6.04 Å². The van der Waals surface area contributed by atoms with Crippen LogP contribution >= 0.6 is 27.5 Å². The third kappa shape index (κ3) is 2.88. The van der Waals surface area contributed by atoms with Crippen molar-refractivity contribution in [3.63, 3.8) is 0 Å². The molecular weight excluding hydrogens is 362 g/mol. The summed E-state index contributed by atoms with van der Waals surface area (Å²) >= 11 is 10.3. The number of likely N-dealkylation sites (tertiary alicyclic amines) is 1. The summed E-state index contributed by atoms with van der Waals surface area (Å²) in [6.07, 6.45) is 10.9. The molecule has 4 N–H and O–H groups in total. The van der Waals surface area contributed by atoms with Crippen LogP contribution in [0.15, 0.2) is 0 Å². The van der Waals surface area contributed by atoms with Gasteiger partial charge in [-0.1, -0.05) is 22.4 Å². The van der Waals surface area contributed by atoms with Crippen molar-refractivity contribution in [3.8, 4) is 0 Å². The maximum absolute atomic E-state index is 6.76. The van der Waals surface area contributed by atoms with Crippen molar-refractivity contribution in [2.24, 2.45) is 17.6 Å². The van der Waals surface area contributed by atoms with E-state index in [-0.39, 0.29) is 0 Å². The first kappa shape index (κ1) is 16.1. The van der Waals surface area contributed by atoms with E-state index in [4.69, 9.17) is 17.3 Å². The topological polar surface area (TPSA) is 45.9 Å². The Balaban J connectivity index is 1.48. The summed E-state index contributed by atoms with van der Waals surface area (Å²) in [5.41, 5.74) is 6.76. The molecule has 0 aromatic rings. The predicted octanol–water partition coefficient (Wildman–Crippen LogP) is 2.02. The largest absolute Gasteiger partial charge is 0.328 e. The summed E-state index contributed by atoms with van der Waals surface area (Å²) in [4.78, 5) is 3.48. The quantitative estimate of drug-likeness (QED) is 0.672. The molecule has 4 fully saturated rings. The van der Waals surface area contributed by atoms with Gasteiger partial charge < -0.3 is 11.1 Å². The zero-order chi connectivity index (χ0) is 15.3. The Kier molecular flexibility index (Phi) is 4.78. The molecule has 2 saturated heterocycles. The van der Waals surface area contributed by atoms with Crippen LogP contribution in [0.4, 0.5) is 0 Å². The second-order valence-electron chi connectivity index (χ2n) is 8.11. The molecule has 2 aliphatic carbocycles. The van der Waals surface area contributed by atoms with Crippen LogP contribution in [0.3, 0.4) is 0 Å². The molecule has 3 nitrogen and oxygen atoms in total. The Morgan fingerprint density at radius 1 is 1.05 bits per heavy atom. The molecule has 22 heavy (non-hydrogen) atoms. The molecule has 4 aliphatic rings. The number of quaternary nitrogens is 1. The van der Waals surface area contributed by atoms with E-state index in [0.29, 0.717) is 40.3 Å². The lowest BCUT2D eigenvalue weighted by atomic mass is 9.71. The van der Waals surface area contributed by atoms with Crippen LogP contribution in [0, 0.1) is 11.8 Å². The number of halogens is 2. The highest BCUT2D eigenvalue weighted by Gasteiger charge is 2.53. The Bertz CT molecular complexity index is 409. The van der Waals surface area contributed by atoms with Crippen molar-refractivity contribution in [2.45, 2.75) is 85.9 Å². The van der Waals surface area contributed by atoms with E-state index in [2.05, 4.69) is 26.1 Å². The van der Waals surface area contributed by atoms with Crippen molar-refractivity contribution in [1.29, 1.82) is 0 Å². The summed E-state index contributed by atoms with van der Waals surface area (Å²) in [5.74, 6) is 1.40. The van der Waals surface area contributed by atoms with Crippen LogP contribution in [0.25, 0.3) is 0 Å². The summed E-state index contributed by atoms with van der Waals surface area (Å²) in [7, 11) is 0. The molecule has 2 heterocycles. The number of piperidine rings is 1. The van der Waals surface area contributed by atoms with Crippen LogP contribution in [0.1, 0.15) is 51.4 Å². The predicted molar refractivity (Wildman–Crippen MR) is 94.2 cm³/mol. The van der Waals surface area contributed by atoms with Gasteiger partial charge in [0, 0.05) is 47.1 Å². The SMILES string of the molecule is NC1C2CC(Br)CCC2[NH2+]C2C1CCN2C1CCCC(Cl)C1. The average molecular weight is 392 g/mol.